The molecule has 1 unspecified atom stereocenters. The summed E-state index contributed by atoms with van der Waals surface area (Å²) in [5, 5.41) is 9.24. The number of halogens is 1. The molecule has 5 heteroatoms. The predicted molar refractivity (Wildman–Crippen MR) is 60.6 cm³/mol. The summed E-state index contributed by atoms with van der Waals surface area (Å²) >= 11 is 3.02. The van der Waals surface area contributed by atoms with Crippen LogP contribution in [0.2, 0.25) is 0 Å². The minimum absolute atomic E-state index is 0.0100. The van der Waals surface area contributed by atoms with Crippen LogP contribution in [0.1, 0.15) is 0 Å². The number of alkyl halides is 1. The first-order valence-electron chi connectivity index (χ1n) is 4.08. The molecule has 1 N–H and O–H groups in total. The van der Waals surface area contributed by atoms with Gasteiger partial charge in [-0.2, -0.15) is 0 Å². The highest BCUT2D eigenvalue weighted by molar-refractivity contribution is 9.09. The van der Waals surface area contributed by atoms with Crippen LogP contribution < -0.4 is 0 Å². The Kier molecular flexibility index (Phi) is 12.3. The molecule has 0 aliphatic rings. The molecule has 0 aromatic heterocycles. The fourth-order valence-electron chi connectivity index (χ4n) is 0.282. The molecule has 0 heterocycles. The molecular formula is C9H18BrNO3. The van der Waals surface area contributed by atoms with Crippen LogP contribution in [0.5, 0.6) is 0 Å². The lowest BCUT2D eigenvalue weighted by Crippen LogP contribution is -2.18. The van der Waals surface area contributed by atoms with E-state index in [0.29, 0.717) is 5.33 Å². The fourth-order valence-corrected chi connectivity index (χ4v) is 0.469. The molecule has 0 spiro atoms. The van der Waals surface area contributed by atoms with Gasteiger partial charge in [0, 0.05) is 11.4 Å². The number of aliphatic hydroxyl groups is 1. The highest BCUT2D eigenvalue weighted by Gasteiger charge is 2.03. The van der Waals surface area contributed by atoms with Crippen LogP contribution in [0, 0.1) is 0 Å². The molecule has 0 aliphatic heterocycles. The van der Waals surface area contributed by atoms with Crippen molar-refractivity contribution in [3.8, 4) is 0 Å². The summed E-state index contributed by atoms with van der Waals surface area (Å²) in [6.07, 6.45) is 0.421. The fraction of sp³-hybridized carbons (Fsp3) is 0.667. The van der Waals surface area contributed by atoms with E-state index in [-0.39, 0.29) is 6.61 Å². The van der Waals surface area contributed by atoms with E-state index < -0.39 is 12.1 Å². The van der Waals surface area contributed by atoms with E-state index in [4.69, 9.17) is 5.11 Å². The quantitative estimate of drug-likeness (QED) is 0.462. The van der Waals surface area contributed by atoms with Gasteiger partial charge < -0.3 is 14.7 Å². The van der Waals surface area contributed by atoms with Crippen molar-refractivity contribution in [1.29, 1.82) is 0 Å². The summed E-state index contributed by atoms with van der Waals surface area (Å²) in [5.74, 6) is -0.514. The summed E-state index contributed by atoms with van der Waals surface area (Å²) in [5.41, 5.74) is 0. The lowest BCUT2D eigenvalue weighted by Gasteiger charge is -2.05. The van der Waals surface area contributed by atoms with Gasteiger partial charge in [0.25, 0.3) is 0 Å². The molecule has 0 bridgehead atoms. The third-order valence-electron chi connectivity index (χ3n) is 0.763. The van der Waals surface area contributed by atoms with Gasteiger partial charge >= 0.3 is 5.97 Å². The molecular weight excluding hydrogens is 250 g/mol. The second-order valence-electron chi connectivity index (χ2n) is 2.98. The van der Waals surface area contributed by atoms with Crippen molar-refractivity contribution >= 4 is 21.9 Å². The number of nitrogens with zero attached hydrogens (tertiary/aromatic N) is 1. The predicted octanol–water partition coefficient (Wildman–Crippen LogP) is 0.649. The van der Waals surface area contributed by atoms with E-state index in [1.807, 2.05) is 26.0 Å². The molecule has 14 heavy (non-hydrogen) atoms. The van der Waals surface area contributed by atoms with Crippen molar-refractivity contribution < 1.29 is 14.6 Å². The maximum atomic E-state index is 10.4. The Morgan fingerprint density at radius 2 is 2.07 bits per heavy atom. The summed E-state index contributed by atoms with van der Waals surface area (Å²) in [6.45, 7) is 3.21. The van der Waals surface area contributed by atoms with Crippen LogP contribution in [-0.4, -0.2) is 55.2 Å². The summed E-state index contributed by atoms with van der Waals surface area (Å²) in [6, 6.07) is 0. The van der Waals surface area contributed by atoms with Crippen molar-refractivity contribution in [3.63, 3.8) is 0 Å². The number of carbonyl (C=O) groups excluding carboxylic acids is 1. The first kappa shape index (κ1) is 16.1. The minimum Gasteiger partial charge on any atom is -0.460 e. The van der Waals surface area contributed by atoms with Crippen molar-refractivity contribution in [2.45, 2.75) is 6.10 Å². The number of hydrogen-bond acceptors (Lipinski definition) is 4. The number of esters is 1. The second kappa shape index (κ2) is 10.7. The van der Waals surface area contributed by atoms with E-state index in [9.17, 15) is 4.79 Å². The molecule has 1 atom stereocenters. The standard InChI is InChI=1S/C6H9BrO3.C3H9N/c1-2-6(9)10-4-5(8)3-7;1-4(2)3/h2,5,8H,1,3-4H2;1-3H3. The van der Waals surface area contributed by atoms with Gasteiger partial charge in [0.15, 0.2) is 0 Å². The third kappa shape index (κ3) is 17.6. The lowest BCUT2D eigenvalue weighted by molar-refractivity contribution is -0.140. The Hall–Kier alpha value is -0.390. The molecule has 0 rings (SSSR count). The smallest absolute Gasteiger partial charge is 0.330 e. The first-order chi connectivity index (χ1) is 6.43. The first-order valence-corrected chi connectivity index (χ1v) is 5.20. The number of hydrogen-bond donors (Lipinski definition) is 1. The zero-order chi connectivity index (χ0) is 11.6. The van der Waals surface area contributed by atoms with Gasteiger partial charge in [0.2, 0.25) is 0 Å². The molecule has 0 aromatic rings. The SMILES string of the molecule is C=CC(=O)OCC(O)CBr.CN(C)C. The van der Waals surface area contributed by atoms with Crippen LogP contribution in [0.3, 0.4) is 0 Å². The maximum Gasteiger partial charge on any atom is 0.330 e. The maximum absolute atomic E-state index is 10.4. The molecule has 0 fully saturated rings. The third-order valence-corrected chi connectivity index (χ3v) is 1.51. The van der Waals surface area contributed by atoms with E-state index >= 15 is 0 Å². The molecule has 0 saturated carbocycles. The van der Waals surface area contributed by atoms with Gasteiger partial charge in [0.05, 0.1) is 6.10 Å². The van der Waals surface area contributed by atoms with E-state index in [1.54, 1.807) is 0 Å². The van der Waals surface area contributed by atoms with Crippen molar-refractivity contribution in [3.05, 3.63) is 12.7 Å². The summed E-state index contributed by atoms with van der Waals surface area (Å²) in [7, 11) is 6.00. The normalized spacial score (nSPS) is 11.3. The zero-order valence-corrected chi connectivity index (χ0v) is 10.5. The average Bonchev–Trinajstić information content (AvgIpc) is 2.12. The molecule has 0 aliphatic carbocycles. The minimum atomic E-state index is -0.635. The van der Waals surface area contributed by atoms with E-state index in [0.717, 1.165) is 6.08 Å². The Labute approximate surface area is 93.7 Å². The van der Waals surface area contributed by atoms with Crippen LogP contribution in [0.25, 0.3) is 0 Å². The Morgan fingerprint density at radius 3 is 2.36 bits per heavy atom. The van der Waals surface area contributed by atoms with Crippen molar-refractivity contribution in [2.75, 3.05) is 33.1 Å². The number of carbonyl (C=O) groups is 1. The van der Waals surface area contributed by atoms with Crippen LogP contribution in [0.15, 0.2) is 12.7 Å². The van der Waals surface area contributed by atoms with Gasteiger partial charge in [-0.25, -0.2) is 4.79 Å². The van der Waals surface area contributed by atoms with Crippen molar-refractivity contribution in [2.24, 2.45) is 0 Å². The van der Waals surface area contributed by atoms with Crippen LogP contribution >= 0.6 is 15.9 Å². The topological polar surface area (TPSA) is 49.8 Å². The molecule has 84 valence electrons. The monoisotopic (exact) mass is 267 g/mol. The molecule has 4 nitrogen and oxygen atoms in total. The van der Waals surface area contributed by atoms with Crippen LogP contribution in [0.4, 0.5) is 0 Å². The zero-order valence-electron chi connectivity index (χ0n) is 8.86. The highest BCUT2D eigenvalue weighted by Crippen LogP contribution is 1.91. The number of rotatable bonds is 4. The second-order valence-corrected chi connectivity index (χ2v) is 3.63. The van der Waals surface area contributed by atoms with Gasteiger partial charge in [-0.1, -0.05) is 22.5 Å². The molecule has 0 saturated heterocycles. The van der Waals surface area contributed by atoms with Gasteiger partial charge in [0.1, 0.15) is 6.61 Å². The Balaban J connectivity index is 0. The number of aliphatic hydroxyl groups excluding tert-OH is 1. The van der Waals surface area contributed by atoms with Crippen molar-refractivity contribution in [1.82, 2.24) is 4.90 Å². The van der Waals surface area contributed by atoms with E-state index in [1.165, 1.54) is 0 Å². The largest absolute Gasteiger partial charge is 0.460 e. The summed E-state index contributed by atoms with van der Waals surface area (Å²) < 4.78 is 4.51. The van der Waals surface area contributed by atoms with Gasteiger partial charge in [-0.3, -0.25) is 0 Å². The van der Waals surface area contributed by atoms with Gasteiger partial charge in [-0.05, 0) is 21.1 Å². The number of ether oxygens (including phenoxy) is 1. The Bertz CT molecular complexity index is 159. The van der Waals surface area contributed by atoms with E-state index in [2.05, 4.69) is 27.2 Å². The Morgan fingerprint density at radius 1 is 1.64 bits per heavy atom. The lowest BCUT2D eigenvalue weighted by atomic mass is 10.4. The molecule has 0 radical (unpaired) electrons. The average molecular weight is 268 g/mol. The summed E-state index contributed by atoms with van der Waals surface area (Å²) in [4.78, 5) is 12.4. The molecule has 0 aromatic carbocycles. The van der Waals surface area contributed by atoms with Crippen LogP contribution in [-0.2, 0) is 9.53 Å². The molecule has 0 amide bonds. The highest BCUT2D eigenvalue weighted by atomic mass is 79.9. The van der Waals surface area contributed by atoms with Gasteiger partial charge in [-0.15, -0.1) is 0 Å².